The van der Waals surface area contributed by atoms with Crippen molar-refractivity contribution in [2.75, 3.05) is 37.5 Å². The number of amides is 1. The standard InChI is InChI=1S/C24H26FN5O/c1-28(2)22-19-16-30(23(31)18-11-7-8-12-20(18)25)14-13-21(19)26-24(27-22)29(3)15-17-9-5-4-6-10-17/h4-12H,13-16H2,1-3H3. The fraction of sp³-hybridized carbons (Fsp3) is 0.292. The first-order chi connectivity index (χ1) is 14.9. The molecule has 1 aromatic heterocycles. The predicted molar refractivity (Wildman–Crippen MR) is 120 cm³/mol. The van der Waals surface area contributed by atoms with Crippen molar-refractivity contribution < 1.29 is 9.18 Å². The molecule has 0 saturated carbocycles. The number of hydrogen-bond acceptors (Lipinski definition) is 5. The van der Waals surface area contributed by atoms with Crippen molar-refractivity contribution >= 4 is 17.7 Å². The normalized spacial score (nSPS) is 13.0. The lowest BCUT2D eigenvalue weighted by Crippen LogP contribution is -2.38. The van der Waals surface area contributed by atoms with Crippen LogP contribution in [0.2, 0.25) is 0 Å². The summed E-state index contributed by atoms with van der Waals surface area (Å²) in [5, 5.41) is 0. The summed E-state index contributed by atoms with van der Waals surface area (Å²) in [6.45, 7) is 1.55. The molecule has 2 heterocycles. The van der Waals surface area contributed by atoms with Crippen molar-refractivity contribution in [3.63, 3.8) is 0 Å². The van der Waals surface area contributed by atoms with Crippen LogP contribution in [0, 0.1) is 5.82 Å². The van der Waals surface area contributed by atoms with Crippen LogP contribution in [0.25, 0.3) is 0 Å². The third-order valence-electron chi connectivity index (χ3n) is 5.45. The highest BCUT2D eigenvalue weighted by molar-refractivity contribution is 5.94. The van der Waals surface area contributed by atoms with Crippen LogP contribution < -0.4 is 9.80 Å². The van der Waals surface area contributed by atoms with E-state index in [1.54, 1.807) is 17.0 Å². The van der Waals surface area contributed by atoms with Gasteiger partial charge in [0.15, 0.2) is 0 Å². The van der Waals surface area contributed by atoms with Crippen molar-refractivity contribution in [3.05, 3.63) is 82.8 Å². The molecular formula is C24H26FN5O. The molecule has 1 aliphatic heterocycles. The van der Waals surface area contributed by atoms with E-state index in [9.17, 15) is 9.18 Å². The van der Waals surface area contributed by atoms with Crippen molar-refractivity contribution in [1.82, 2.24) is 14.9 Å². The molecule has 0 unspecified atom stereocenters. The minimum Gasteiger partial charge on any atom is -0.362 e. The van der Waals surface area contributed by atoms with Gasteiger partial charge < -0.3 is 14.7 Å². The number of anilines is 2. The van der Waals surface area contributed by atoms with E-state index in [4.69, 9.17) is 9.97 Å². The smallest absolute Gasteiger partial charge is 0.257 e. The fourth-order valence-corrected chi connectivity index (χ4v) is 3.83. The zero-order valence-corrected chi connectivity index (χ0v) is 18.0. The van der Waals surface area contributed by atoms with Gasteiger partial charge in [-0.3, -0.25) is 4.79 Å². The molecule has 0 fully saturated rings. The number of nitrogens with zero attached hydrogens (tertiary/aromatic N) is 5. The van der Waals surface area contributed by atoms with E-state index in [0.29, 0.717) is 32.0 Å². The summed E-state index contributed by atoms with van der Waals surface area (Å²) in [6.07, 6.45) is 0.602. The van der Waals surface area contributed by atoms with Crippen LogP contribution in [0.1, 0.15) is 27.2 Å². The molecule has 1 aliphatic rings. The summed E-state index contributed by atoms with van der Waals surface area (Å²) in [5.41, 5.74) is 3.13. The topological polar surface area (TPSA) is 52.6 Å². The maximum Gasteiger partial charge on any atom is 0.257 e. The lowest BCUT2D eigenvalue weighted by atomic mass is 10.0. The Morgan fingerprint density at radius 1 is 1.03 bits per heavy atom. The molecule has 0 atom stereocenters. The Hall–Kier alpha value is -3.48. The Balaban J connectivity index is 1.61. The molecule has 31 heavy (non-hydrogen) atoms. The Labute approximate surface area is 182 Å². The van der Waals surface area contributed by atoms with Gasteiger partial charge >= 0.3 is 0 Å². The van der Waals surface area contributed by atoms with Gasteiger partial charge in [0, 0.05) is 46.2 Å². The van der Waals surface area contributed by atoms with Gasteiger partial charge in [0.25, 0.3) is 5.91 Å². The van der Waals surface area contributed by atoms with Crippen LogP contribution in [0.15, 0.2) is 54.6 Å². The average Bonchev–Trinajstić information content (AvgIpc) is 2.78. The molecule has 4 rings (SSSR count). The summed E-state index contributed by atoms with van der Waals surface area (Å²) in [5.74, 6) is 0.630. The van der Waals surface area contributed by atoms with Gasteiger partial charge in [-0.1, -0.05) is 42.5 Å². The number of benzene rings is 2. The maximum atomic E-state index is 14.1. The molecule has 6 nitrogen and oxygen atoms in total. The first-order valence-electron chi connectivity index (χ1n) is 10.3. The second-order valence-corrected chi connectivity index (χ2v) is 7.97. The number of hydrogen-bond donors (Lipinski definition) is 0. The first-order valence-corrected chi connectivity index (χ1v) is 10.3. The van der Waals surface area contributed by atoms with E-state index in [1.807, 2.05) is 49.1 Å². The number of carbonyl (C=O) groups is 1. The van der Waals surface area contributed by atoms with Gasteiger partial charge in [0.1, 0.15) is 11.6 Å². The highest BCUT2D eigenvalue weighted by Crippen LogP contribution is 2.29. The van der Waals surface area contributed by atoms with E-state index in [2.05, 4.69) is 12.1 Å². The van der Waals surface area contributed by atoms with Crippen LogP contribution in [0.4, 0.5) is 16.2 Å². The Kier molecular flexibility index (Phi) is 5.84. The summed E-state index contributed by atoms with van der Waals surface area (Å²) in [4.78, 5) is 28.2. The molecule has 0 saturated heterocycles. The van der Waals surface area contributed by atoms with Gasteiger partial charge in [0.05, 0.1) is 17.8 Å². The SMILES string of the molecule is CN(C)c1nc(N(C)Cc2ccccc2)nc2c1CN(C(=O)c1ccccc1F)CC2. The van der Waals surface area contributed by atoms with Crippen molar-refractivity contribution in [3.8, 4) is 0 Å². The van der Waals surface area contributed by atoms with Crippen LogP contribution >= 0.6 is 0 Å². The summed E-state index contributed by atoms with van der Waals surface area (Å²) in [7, 11) is 5.84. The lowest BCUT2D eigenvalue weighted by Gasteiger charge is -2.32. The number of halogens is 1. The molecule has 2 aromatic carbocycles. The van der Waals surface area contributed by atoms with Gasteiger partial charge in [-0.05, 0) is 17.7 Å². The number of fused-ring (bicyclic) bond motifs is 1. The van der Waals surface area contributed by atoms with E-state index >= 15 is 0 Å². The number of aromatic nitrogens is 2. The third-order valence-corrected chi connectivity index (χ3v) is 5.45. The van der Waals surface area contributed by atoms with Crippen molar-refractivity contribution in [2.45, 2.75) is 19.5 Å². The second-order valence-electron chi connectivity index (χ2n) is 7.97. The Morgan fingerprint density at radius 2 is 1.74 bits per heavy atom. The average molecular weight is 420 g/mol. The predicted octanol–water partition coefficient (Wildman–Crippen LogP) is 3.52. The second kappa shape index (κ2) is 8.71. The van der Waals surface area contributed by atoms with Crippen LogP contribution in [0.3, 0.4) is 0 Å². The van der Waals surface area contributed by atoms with Gasteiger partial charge in [-0.25, -0.2) is 9.37 Å². The van der Waals surface area contributed by atoms with Crippen molar-refractivity contribution in [1.29, 1.82) is 0 Å². The molecule has 0 bridgehead atoms. The van der Waals surface area contributed by atoms with E-state index in [0.717, 1.165) is 17.1 Å². The summed E-state index contributed by atoms with van der Waals surface area (Å²) < 4.78 is 14.1. The molecule has 3 aromatic rings. The minimum absolute atomic E-state index is 0.0949. The summed E-state index contributed by atoms with van der Waals surface area (Å²) >= 11 is 0. The molecule has 7 heteroatoms. The molecule has 0 N–H and O–H groups in total. The molecule has 0 aliphatic carbocycles. The van der Waals surface area contributed by atoms with Crippen molar-refractivity contribution in [2.24, 2.45) is 0 Å². The first kappa shape index (κ1) is 20.8. The van der Waals surface area contributed by atoms with Crippen LogP contribution in [-0.2, 0) is 19.5 Å². The molecule has 1 amide bonds. The van der Waals surface area contributed by atoms with E-state index in [1.165, 1.54) is 17.7 Å². The molecular weight excluding hydrogens is 393 g/mol. The molecule has 0 radical (unpaired) electrons. The molecule has 0 spiro atoms. The zero-order valence-electron chi connectivity index (χ0n) is 18.0. The number of carbonyl (C=O) groups excluding carboxylic acids is 1. The van der Waals surface area contributed by atoms with E-state index < -0.39 is 5.82 Å². The van der Waals surface area contributed by atoms with Crippen LogP contribution in [0.5, 0.6) is 0 Å². The highest BCUT2D eigenvalue weighted by Gasteiger charge is 2.28. The van der Waals surface area contributed by atoms with Gasteiger partial charge in [0.2, 0.25) is 5.95 Å². The zero-order chi connectivity index (χ0) is 22.0. The maximum absolute atomic E-state index is 14.1. The fourth-order valence-electron chi connectivity index (χ4n) is 3.83. The summed E-state index contributed by atoms with van der Waals surface area (Å²) in [6, 6.07) is 16.3. The Bertz CT molecular complexity index is 1090. The van der Waals surface area contributed by atoms with Crippen LogP contribution in [-0.4, -0.2) is 48.5 Å². The molecule has 160 valence electrons. The lowest BCUT2D eigenvalue weighted by molar-refractivity contribution is 0.0729. The Morgan fingerprint density at radius 3 is 2.45 bits per heavy atom. The third kappa shape index (κ3) is 4.35. The monoisotopic (exact) mass is 419 g/mol. The number of rotatable bonds is 5. The van der Waals surface area contributed by atoms with E-state index in [-0.39, 0.29) is 11.5 Å². The largest absolute Gasteiger partial charge is 0.362 e. The highest BCUT2D eigenvalue weighted by atomic mass is 19.1. The minimum atomic E-state index is -0.500. The van der Waals surface area contributed by atoms with Gasteiger partial charge in [-0.2, -0.15) is 4.98 Å². The quantitative estimate of drug-likeness (QED) is 0.633. The van der Waals surface area contributed by atoms with Gasteiger partial charge in [-0.15, -0.1) is 0 Å².